The number of rotatable bonds is 3. The molecule has 2 heterocycles. The summed E-state index contributed by atoms with van der Waals surface area (Å²) in [5.74, 6) is -0.00688. The van der Waals surface area contributed by atoms with Gasteiger partial charge in [0.15, 0.2) is 5.52 Å². The van der Waals surface area contributed by atoms with Gasteiger partial charge >= 0.3 is 0 Å². The number of H-pyrrole nitrogens is 1. The van der Waals surface area contributed by atoms with Gasteiger partial charge < -0.3 is 4.98 Å². The summed E-state index contributed by atoms with van der Waals surface area (Å²) in [4.78, 5) is 19.4. The van der Waals surface area contributed by atoms with Crippen molar-refractivity contribution in [3.05, 3.63) is 46.1 Å². The van der Waals surface area contributed by atoms with Crippen LogP contribution in [0.5, 0.6) is 0 Å². The van der Waals surface area contributed by atoms with Crippen molar-refractivity contribution in [3.63, 3.8) is 0 Å². The van der Waals surface area contributed by atoms with Gasteiger partial charge in [-0.3, -0.25) is 9.48 Å². The van der Waals surface area contributed by atoms with Crippen molar-refractivity contribution in [2.24, 2.45) is 7.05 Å². The molecule has 0 unspecified atom stereocenters. The second-order valence-corrected chi connectivity index (χ2v) is 4.94. The van der Waals surface area contributed by atoms with Crippen LogP contribution in [0.3, 0.4) is 0 Å². The minimum absolute atomic E-state index is 0.267. The van der Waals surface area contributed by atoms with Crippen molar-refractivity contribution < 1.29 is 4.39 Å². The van der Waals surface area contributed by atoms with Crippen LogP contribution in [-0.4, -0.2) is 19.7 Å². The van der Waals surface area contributed by atoms with Gasteiger partial charge in [0.2, 0.25) is 0 Å². The van der Waals surface area contributed by atoms with E-state index in [4.69, 9.17) is 0 Å². The van der Waals surface area contributed by atoms with E-state index in [0.29, 0.717) is 22.4 Å². The first kappa shape index (κ1) is 13.5. The predicted molar refractivity (Wildman–Crippen MR) is 78.5 cm³/mol. The number of benzene rings is 1. The highest BCUT2D eigenvalue weighted by Gasteiger charge is 2.15. The maximum absolute atomic E-state index is 13.3. The SMILES string of the molecule is CCCc1nn(C)c2c(=O)[nH]c(-c3cccc(F)c3)nc12. The summed E-state index contributed by atoms with van der Waals surface area (Å²) in [6.45, 7) is 2.04. The first-order chi connectivity index (χ1) is 10.1. The second-order valence-electron chi connectivity index (χ2n) is 4.94. The van der Waals surface area contributed by atoms with E-state index < -0.39 is 0 Å². The molecule has 3 aromatic rings. The Hall–Kier alpha value is -2.50. The molecule has 0 spiro atoms. The highest BCUT2D eigenvalue weighted by atomic mass is 19.1. The first-order valence-electron chi connectivity index (χ1n) is 6.82. The van der Waals surface area contributed by atoms with Gasteiger partial charge in [-0.15, -0.1) is 0 Å². The van der Waals surface area contributed by atoms with E-state index in [1.165, 1.54) is 12.1 Å². The number of hydrogen-bond donors (Lipinski definition) is 1. The highest BCUT2D eigenvalue weighted by molar-refractivity contribution is 5.78. The molecule has 2 aromatic heterocycles. The average Bonchev–Trinajstić information content (AvgIpc) is 2.76. The third-order valence-electron chi connectivity index (χ3n) is 3.35. The second kappa shape index (κ2) is 5.12. The standard InChI is InChI=1S/C15H15FN4O/c1-3-5-11-12-13(20(2)19-11)15(21)18-14(17-12)9-6-4-7-10(16)8-9/h4,6-8H,3,5H2,1-2H3,(H,17,18,21). The van der Waals surface area contributed by atoms with Crippen molar-refractivity contribution in [2.75, 3.05) is 0 Å². The van der Waals surface area contributed by atoms with E-state index in [1.807, 2.05) is 6.92 Å². The van der Waals surface area contributed by atoms with Gasteiger partial charge in [-0.05, 0) is 18.6 Å². The summed E-state index contributed by atoms with van der Waals surface area (Å²) in [5.41, 5.74) is 2.09. The first-order valence-corrected chi connectivity index (χ1v) is 6.82. The molecule has 3 rings (SSSR count). The summed E-state index contributed by atoms with van der Waals surface area (Å²) >= 11 is 0. The lowest BCUT2D eigenvalue weighted by atomic mass is 10.2. The van der Waals surface area contributed by atoms with Gasteiger partial charge in [-0.25, -0.2) is 9.37 Å². The Balaban J connectivity index is 2.27. The molecule has 1 aromatic carbocycles. The van der Waals surface area contributed by atoms with Crippen LogP contribution in [0.2, 0.25) is 0 Å². The fourth-order valence-corrected chi connectivity index (χ4v) is 2.42. The Labute approximate surface area is 120 Å². The van der Waals surface area contributed by atoms with Crippen LogP contribution in [0.1, 0.15) is 19.0 Å². The van der Waals surface area contributed by atoms with Gasteiger partial charge in [-0.1, -0.05) is 25.5 Å². The topological polar surface area (TPSA) is 63.6 Å². The molecule has 1 N–H and O–H groups in total. The molecule has 0 fully saturated rings. The number of halogens is 1. The number of hydrogen-bond acceptors (Lipinski definition) is 3. The molecule has 0 bridgehead atoms. The minimum atomic E-state index is -0.366. The van der Waals surface area contributed by atoms with Gasteiger partial charge in [0.1, 0.15) is 17.2 Å². The largest absolute Gasteiger partial charge is 0.305 e. The van der Waals surface area contributed by atoms with Crippen molar-refractivity contribution >= 4 is 11.0 Å². The molecule has 0 aliphatic rings. The monoisotopic (exact) mass is 286 g/mol. The summed E-state index contributed by atoms with van der Waals surface area (Å²) in [5, 5.41) is 4.35. The zero-order valence-corrected chi connectivity index (χ0v) is 11.9. The van der Waals surface area contributed by atoms with E-state index in [-0.39, 0.29) is 11.4 Å². The number of aryl methyl sites for hydroxylation is 2. The lowest BCUT2D eigenvalue weighted by Gasteiger charge is -2.02. The Morgan fingerprint density at radius 3 is 2.90 bits per heavy atom. The number of fused-ring (bicyclic) bond motifs is 1. The van der Waals surface area contributed by atoms with Crippen molar-refractivity contribution in [1.29, 1.82) is 0 Å². The van der Waals surface area contributed by atoms with Crippen LogP contribution in [0.15, 0.2) is 29.1 Å². The Kier molecular flexibility index (Phi) is 3.29. The number of nitrogens with zero attached hydrogens (tertiary/aromatic N) is 3. The molecule has 5 nitrogen and oxygen atoms in total. The van der Waals surface area contributed by atoms with Crippen LogP contribution in [-0.2, 0) is 13.5 Å². The van der Waals surface area contributed by atoms with Crippen LogP contribution in [0.4, 0.5) is 4.39 Å². The maximum atomic E-state index is 13.3. The summed E-state index contributed by atoms with van der Waals surface area (Å²) in [7, 11) is 1.72. The summed E-state index contributed by atoms with van der Waals surface area (Å²) in [6.07, 6.45) is 1.66. The molecule has 0 radical (unpaired) electrons. The van der Waals surface area contributed by atoms with Crippen LogP contribution < -0.4 is 5.56 Å². The zero-order valence-electron chi connectivity index (χ0n) is 11.9. The average molecular weight is 286 g/mol. The van der Waals surface area contributed by atoms with Crippen molar-refractivity contribution in [3.8, 4) is 11.4 Å². The fourth-order valence-electron chi connectivity index (χ4n) is 2.42. The number of aromatic nitrogens is 4. The zero-order chi connectivity index (χ0) is 15.0. The number of aromatic amines is 1. The van der Waals surface area contributed by atoms with Gasteiger partial charge in [0, 0.05) is 12.6 Å². The van der Waals surface area contributed by atoms with Crippen LogP contribution >= 0.6 is 0 Å². The third-order valence-corrected chi connectivity index (χ3v) is 3.35. The van der Waals surface area contributed by atoms with E-state index >= 15 is 0 Å². The Morgan fingerprint density at radius 1 is 1.38 bits per heavy atom. The summed E-state index contributed by atoms with van der Waals surface area (Å²) in [6, 6.07) is 6.00. The molecule has 0 saturated heterocycles. The molecule has 0 atom stereocenters. The smallest absolute Gasteiger partial charge is 0.277 e. The third kappa shape index (κ3) is 2.33. The molecule has 21 heavy (non-hydrogen) atoms. The normalized spacial score (nSPS) is 11.2. The van der Waals surface area contributed by atoms with Gasteiger partial charge in [-0.2, -0.15) is 5.10 Å². The molecular formula is C15H15FN4O. The van der Waals surface area contributed by atoms with E-state index in [2.05, 4.69) is 15.1 Å². The van der Waals surface area contributed by atoms with E-state index in [0.717, 1.165) is 18.5 Å². The lowest BCUT2D eigenvalue weighted by Crippen LogP contribution is -2.12. The quantitative estimate of drug-likeness (QED) is 0.804. The highest BCUT2D eigenvalue weighted by Crippen LogP contribution is 2.19. The fraction of sp³-hybridized carbons (Fsp3) is 0.267. The molecule has 6 heteroatoms. The molecule has 0 aliphatic carbocycles. The Morgan fingerprint density at radius 2 is 2.19 bits per heavy atom. The van der Waals surface area contributed by atoms with Gasteiger partial charge in [0.25, 0.3) is 5.56 Å². The number of nitrogens with one attached hydrogen (secondary N) is 1. The summed E-state index contributed by atoms with van der Waals surface area (Å²) < 4.78 is 14.9. The van der Waals surface area contributed by atoms with E-state index in [9.17, 15) is 9.18 Å². The van der Waals surface area contributed by atoms with Crippen LogP contribution in [0.25, 0.3) is 22.4 Å². The molecule has 0 saturated carbocycles. The van der Waals surface area contributed by atoms with Crippen molar-refractivity contribution in [2.45, 2.75) is 19.8 Å². The molecule has 0 aliphatic heterocycles. The maximum Gasteiger partial charge on any atom is 0.277 e. The van der Waals surface area contributed by atoms with E-state index in [1.54, 1.807) is 23.9 Å². The van der Waals surface area contributed by atoms with Crippen molar-refractivity contribution in [1.82, 2.24) is 19.7 Å². The molecule has 0 amide bonds. The van der Waals surface area contributed by atoms with Crippen LogP contribution in [0, 0.1) is 5.82 Å². The predicted octanol–water partition coefficient (Wildman–Crippen LogP) is 2.42. The molecule has 108 valence electrons. The Bertz CT molecular complexity index is 866. The minimum Gasteiger partial charge on any atom is -0.305 e. The lowest BCUT2D eigenvalue weighted by molar-refractivity contribution is 0.628. The molecular weight excluding hydrogens is 271 g/mol. The van der Waals surface area contributed by atoms with Gasteiger partial charge in [0.05, 0.1) is 5.69 Å².